The molecule has 6 heteroatoms. The first kappa shape index (κ1) is 14.6. The van der Waals surface area contributed by atoms with Gasteiger partial charge in [-0.25, -0.2) is 4.68 Å². The molecule has 2 rings (SSSR count). The van der Waals surface area contributed by atoms with Crippen molar-refractivity contribution < 1.29 is 4.74 Å². The molecule has 0 aliphatic rings. The van der Waals surface area contributed by atoms with Crippen molar-refractivity contribution in [3.63, 3.8) is 0 Å². The van der Waals surface area contributed by atoms with Crippen molar-refractivity contribution in [3.05, 3.63) is 32.1 Å². The van der Waals surface area contributed by atoms with Crippen molar-refractivity contribution >= 4 is 27.3 Å². The van der Waals surface area contributed by atoms with E-state index < -0.39 is 0 Å². The zero-order valence-corrected chi connectivity index (χ0v) is 13.8. The number of thiophene rings is 1. The Morgan fingerprint density at radius 3 is 2.89 bits per heavy atom. The first-order chi connectivity index (χ1) is 9.11. The van der Waals surface area contributed by atoms with E-state index in [4.69, 9.17) is 4.74 Å². The van der Waals surface area contributed by atoms with E-state index in [-0.39, 0.29) is 0 Å². The summed E-state index contributed by atoms with van der Waals surface area (Å²) >= 11 is 5.26. The smallest absolute Gasteiger partial charge is 0.216 e. The number of halogens is 1. The van der Waals surface area contributed by atoms with Crippen molar-refractivity contribution in [1.82, 2.24) is 15.1 Å². The first-order valence-electron chi connectivity index (χ1n) is 6.13. The molecule has 0 bridgehead atoms. The van der Waals surface area contributed by atoms with Crippen LogP contribution in [-0.4, -0.2) is 23.4 Å². The van der Waals surface area contributed by atoms with E-state index in [0.717, 1.165) is 36.6 Å². The quantitative estimate of drug-likeness (QED) is 0.819. The Hall–Kier alpha value is -0.850. The lowest BCUT2D eigenvalue weighted by atomic mass is 10.2. The number of hydrogen-bond acceptors (Lipinski definition) is 4. The number of ether oxygens (including phenoxy) is 1. The molecule has 104 valence electrons. The molecular formula is C13H18BrN3OS. The van der Waals surface area contributed by atoms with Crippen molar-refractivity contribution in [1.29, 1.82) is 0 Å². The van der Waals surface area contributed by atoms with E-state index in [2.05, 4.69) is 38.5 Å². The Kier molecular flexibility index (Phi) is 5.01. The molecule has 0 fully saturated rings. The molecule has 2 aromatic rings. The summed E-state index contributed by atoms with van der Waals surface area (Å²) in [5.41, 5.74) is 2.16. The van der Waals surface area contributed by atoms with Gasteiger partial charge in [0.25, 0.3) is 0 Å². The van der Waals surface area contributed by atoms with Gasteiger partial charge in [-0.15, -0.1) is 11.3 Å². The minimum atomic E-state index is 0.787. The third kappa shape index (κ3) is 3.58. The molecular weight excluding hydrogens is 326 g/mol. The lowest BCUT2D eigenvalue weighted by Gasteiger charge is -2.06. The van der Waals surface area contributed by atoms with Gasteiger partial charge in [-0.1, -0.05) is 0 Å². The van der Waals surface area contributed by atoms with Crippen LogP contribution in [0.25, 0.3) is 0 Å². The van der Waals surface area contributed by atoms with Gasteiger partial charge in [-0.05, 0) is 41.4 Å². The summed E-state index contributed by atoms with van der Waals surface area (Å²) in [7, 11) is 3.58. The molecule has 0 radical (unpaired) electrons. The highest BCUT2D eigenvalue weighted by atomic mass is 79.9. The van der Waals surface area contributed by atoms with E-state index in [1.54, 1.807) is 23.1 Å². The lowest BCUT2D eigenvalue weighted by Crippen LogP contribution is -2.17. The number of methoxy groups -OCH3 is 1. The van der Waals surface area contributed by atoms with E-state index >= 15 is 0 Å². The number of aromatic nitrogens is 2. The molecule has 0 amide bonds. The Morgan fingerprint density at radius 2 is 2.26 bits per heavy atom. The van der Waals surface area contributed by atoms with Gasteiger partial charge in [0.2, 0.25) is 5.88 Å². The molecule has 4 nitrogen and oxygen atoms in total. The second-order valence-corrected chi connectivity index (χ2v) is 6.88. The highest BCUT2D eigenvalue weighted by Crippen LogP contribution is 2.22. The summed E-state index contributed by atoms with van der Waals surface area (Å²) < 4.78 is 8.34. The largest absolute Gasteiger partial charge is 0.481 e. The van der Waals surface area contributed by atoms with Crippen LogP contribution >= 0.6 is 27.3 Å². The summed E-state index contributed by atoms with van der Waals surface area (Å²) in [6.45, 7) is 3.75. The van der Waals surface area contributed by atoms with Crippen LogP contribution in [-0.2, 0) is 20.0 Å². The molecule has 0 aromatic carbocycles. The first-order valence-corrected chi connectivity index (χ1v) is 7.74. The molecule has 1 N–H and O–H groups in total. The Bertz CT molecular complexity index is 550. The topological polar surface area (TPSA) is 39.1 Å². The Labute approximate surface area is 125 Å². The minimum Gasteiger partial charge on any atom is -0.481 e. The average Bonchev–Trinajstić information content (AvgIpc) is 2.89. The fourth-order valence-electron chi connectivity index (χ4n) is 2.05. The van der Waals surface area contributed by atoms with Crippen LogP contribution in [0.3, 0.4) is 0 Å². The average molecular weight is 344 g/mol. The van der Waals surface area contributed by atoms with Crippen molar-refractivity contribution in [2.45, 2.75) is 19.9 Å². The standard InChI is InChI=1S/C13H18BrN3OS/c1-9-11(13(18-3)17(2)16-9)8-15-7-6-10-4-5-12(14)19-10/h4-5,15H,6-8H2,1-3H3. The molecule has 0 saturated carbocycles. The molecule has 2 aromatic heterocycles. The van der Waals surface area contributed by atoms with E-state index in [0.29, 0.717) is 0 Å². The van der Waals surface area contributed by atoms with Crippen molar-refractivity contribution in [2.24, 2.45) is 7.05 Å². The van der Waals surface area contributed by atoms with Crippen LogP contribution in [0, 0.1) is 6.92 Å². The van der Waals surface area contributed by atoms with Gasteiger partial charge in [0.1, 0.15) is 0 Å². The fourth-order valence-corrected chi connectivity index (χ4v) is 3.53. The fraction of sp³-hybridized carbons (Fsp3) is 0.462. The summed E-state index contributed by atoms with van der Waals surface area (Å²) in [6, 6.07) is 4.25. The molecule has 0 aliphatic carbocycles. The molecule has 0 saturated heterocycles. The number of aryl methyl sites for hydroxylation is 2. The van der Waals surface area contributed by atoms with Crippen LogP contribution in [0.1, 0.15) is 16.1 Å². The molecule has 0 unspecified atom stereocenters. The molecule has 19 heavy (non-hydrogen) atoms. The van der Waals surface area contributed by atoms with Gasteiger partial charge < -0.3 is 10.1 Å². The van der Waals surface area contributed by atoms with Crippen LogP contribution < -0.4 is 10.1 Å². The molecule has 0 atom stereocenters. The van der Waals surface area contributed by atoms with Crippen LogP contribution in [0.5, 0.6) is 5.88 Å². The van der Waals surface area contributed by atoms with Gasteiger partial charge >= 0.3 is 0 Å². The summed E-state index contributed by atoms with van der Waals surface area (Å²) in [6.07, 6.45) is 1.04. The third-order valence-electron chi connectivity index (χ3n) is 2.96. The van der Waals surface area contributed by atoms with Crippen LogP contribution in [0.2, 0.25) is 0 Å². The summed E-state index contributed by atoms with van der Waals surface area (Å²) in [5, 5.41) is 7.82. The number of rotatable bonds is 6. The van der Waals surface area contributed by atoms with Crippen LogP contribution in [0.4, 0.5) is 0 Å². The summed E-state index contributed by atoms with van der Waals surface area (Å²) in [4.78, 5) is 1.38. The SMILES string of the molecule is COc1c(CNCCc2ccc(Br)s2)c(C)nn1C. The van der Waals surface area contributed by atoms with Crippen molar-refractivity contribution in [3.8, 4) is 5.88 Å². The third-order valence-corrected chi connectivity index (χ3v) is 4.64. The minimum absolute atomic E-state index is 0.787. The second-order valence-electron chi connectivity index (χ2n) is 4.33. The highest BCUT2D eigenvalue weighted by molar-refractivity contribution is 9.11. The molecule has 0 aliphatic heterocycles. The van der Waals surface area contributed by atoms with Gasteiger partial charge in [-0.2, -0.15) is 5.10 Å². The van der Waals surface area contributed by atoms with Gasteiger partial charge in [0.05, 0.1) is 22.2 Å². The zero-order valence-electron chi connectivity index (χ0n) is 11.4. The van der Waals surface area contributed by atoms with Crippen molar-refractivity contribution in [2.75, 3.05) is 13.7 Å². The maximum atomic E-state index is 5.37. The molecule has 2 heterocycles. The zero-order chi connectivity index (χ0) is 13.8. The predicted molar refractivity (Wildman–Crippen MR) is 81.9 cm³/mol. The number of nitrogens with one attached hydrogen (secondary N) is 1. The maximum absolute atomic E-state index is 5.37. The second kappa shape index (κ2) is 6.54. The predicted octanol–water partition coefficient (Wildman–Crippen LogP) is 2.89. The van der Waals surface area contributed by atoms with Gasteiger partial charge in [-0.3, -0.25) is 0 Å². The van der Waals surface area contributed by atoms with E-state index in [1.165, 1.54) is 8.66 Å². The normalized spacial score (nSPS) is 10.9. The maximum Gasteiger partial charge on any atom is 0.216 e. The van der Waals surface area contributed by atoms with Gasteiger partial charge in [0, 0.05) is 25.0 Å². The van der Waals surface area contributed by atoms with E-state index in [9.17, 15) is 0 Å². The monoisotopic (exact) mass is 343 g/mol. The number of hydrogen-bond donors (Lipinski definition) is 1. The number of nitrogens with zero attached hydrogens (tertiary/aromatic N) is 2. The highest BCUT2D eigenvalue weighted by Gasteiger charge is 2.12. The Morgan fingerprint density at radius 1 is 1.47 bits per heavy atom. The van der Waals surface area contributed by atoms with Gasteiger partial charge in [0.15, 0.2) is 0 Å². The lowest BCUT2D eigenvalue weighted by molar-refractivity contribution is 0.368. The Balaban J connectivity index is 1.86. The van der Waals surface area contributed by atoms with E-state index in [1.807, 2.05) is 14.0 Å². The summed E-state index contributed by atoms with van der Waals surface area (Å²) in [5.74, 6) is 0.837. The molecule has 0 spiro atoms. The van der Waals surface area contributed by atoms with Crippen LogP contribution in [0.15, 0.2) is 15.9 Å².